The molecule has 0 unspecified atom stereocenters. The highest BCUT2D eigenvalue weighted by Crippen LogP contribution is 2.20. The maximum atomic E-state index is 12.3. The van der Waals surface area contributed by atoms with Gasteiger partial charge in [0.15, 0.2) is 6.10 Å². The highest BCUT2D eigenvalue weighted by Gasteiger charge is 2.15. The summed E-state index contributed by atoms with van der Waals surface area (Å²) in [6, 6.07) is 15.0. The van der Waals surface area contributed by atoms with Gasteiger partial charge in [0, 0.05) is 5.69 Å². The summed E-state index contributed by atoms with van der Waals surface area (Å²) in [6.45, 7) is 5.99. The SMILES string of the molecule is CC(C)c1ccc(O[C@@H](C)C(=O)Nc2ccc(-n3cnnn3)cc2)cc1. The summed E-state index contributed by atoms with van der Waals surface area (Å²) in [7, 11) is 0. The van der Waals surface area contributed by atoms with Crippen LogP contribution in [0.3, 0.4) is 0 Å². The van der Waals surface area contributed by atoms with Crippen LogP contribution < -0.4 is 10.1 Å². The van der Waals surface area contributed by atoms with Gasteiger partial charge in [0.05, 0.1) is 5.69 Å². The molecular formula is C19H21N5O2. The number of nitrogens with one attached hydrogen (secondary N) is 1. The maximum Gasteiger partial charge on any atom is 0.265 e. The first-order valence-corrected chi connectivity index (χ1v) is 8.44. The topological polar surface area (TPSA) is 81.9 Å². The Morgan fingerprint density at radius 2 is 1.73 bits per heavy atom. The van der Waals surface area contributed by atoms with Crippen molar-refractivity contribution in [3.63, 3.8) is 0 Å². The molecule has 26 heavy (non-hydrogen) atoms. The summed E-state index contributed by atoms with van der Waals surface area (Å²) in [5, 5.41) is 13.8. The van der Waals surface area contributed by atoms with Crippen molar-refractivity contribution >= 4 is 11.6 Å². The van der Waals surface area contributed by atoms with E-state index in [9.17, 15) is 4.79 Å². The molecule has 0 aliphatic heterocycles. The molecule has 3 aromatic rings. The molecule has 0 aliphatic rings. The van der Waals surface area contributed by atoms with Crippen LogP contribution >= 0.6 is 0 Å². The van der Waals surface area contributed by atoms with Gasteiger partial charge in [0.2, 0.25) is 0 Å². The second-order valence-electron chi connectivity index (χ2n) is 6.27. The van der Waals surface area contributed by atoms with Gasteiger partial charge in [-0.05, 0) is 65.2 Å². The molecule has 1 aromatic heterocycles. The number of benzene rings is 2. The van der Waals surface area contributed by atoms with Crippen molar-refractivity contribution in [1.29, 1.82) is 0 Å². The van der Waals surface area contributed by atoms with Crippen molar-refractivity contribution < 1.29 is 9.53 Å². The van der Waals surface area contributed by atoms with Crippen LogP contribution in [0, 0.1) is 0 Å². The summed E-state index contributed by atoms with van der Waals surface area (Å²) < 4.78 is 7.26. The average molecular weight is 351 g/mol. The molecule has 0 spiro atoms. The Kier molecular flexibility index (Phi) is 5.26. The third kappa shape index (κ3) is 4.24. The molecule has 134 valence electrons. The van der Waals surface area contributed by atoms with Gasteiger partial charge in [-0.25, -0.2) is 4.68 Å². The second-order valence-corrected chi connectivity index (χ2v) is 6.27. The predicted molar refractivity (Wildman–Crippen MR) is 98.4 cm³/mol. The first-order chi connectivity index (χ1) is 12.5. The van der Waals surface area contributed by atoms with E-state index in [0.717, 1.165) is 5.69 Å². The molecular weight excluding hydrogens is 330 g/mol. The fourth-order valence-electron chi connectivity index (χ4n) is 2.41. The summed E-state index contributed by atoms with van der Waals surface area (Å²) in [4.78, 5) is 12.3. The number of hydrogen-bond donors (Lipinski definition) is 1. The molecule has 1 atom stereocenters. The molecule has 0 saturated heterocycles. The molecule has 0 fully saturated rings. The van der Waals surface area contributed by atoms with Crippen LogP contribution in [0.15, 0.2) is 54.9 Å². The van der Waals surface area contributed by atoms with E-state index in [4.69, 9.17) is 4.74 Å². The number of amides is 1. The van der Waals surface area contributed by atoms with Gasteiger partial charge in [0.25, 0.3) is 5.91 Å². The lowest BCUT2D eigenvalue weighted by molar-refractivity contribution is -0.122. The number of nitrogens with zero attached hydrogens (tertiary/aromatic N) is 4. The number of tetrazole rings is 1. The number of carbonyl (C=O) groups excluding carboxylic acids is 1. The molecule has 0 radical (unpaired) electrons. The van der Waals surface area contributed by atoms with E-state index in [1.54, 1.807) is 19.1 Å². The van der Waals surface area contributed by atoms with Crippen LogP contribution in [0.25, 0.3) is 5.69 Å². The van der Waals surface area contributed by atoms with Gasteiger partial charge in [-0.1, -0.05) is 26.0 Å². The number of ether oxygens (including phenoxy) is 1. The minimum absolute atomic E-state index is 0.215. The van der Waals surface area contributed by atoms with Crippen molar-refractivity contribution in [2.45, 2.75) is 32.8 Å². The molecule has 1 amide bonds. The van der Waals surface area contributed by atoms with E-state index < -0.39 is 6.10 Å². The van der Waals surface area contributed by atoms with Gasteiger partial charge >= 0.3 is 0 Å². The van der Waals surface area contributed by atoms with Gasteiger partial charge in [-0.2, -0.15) is 0 Å². The maximum absolute atomic E-state index is 12.3. The summed E-state index contributed by atoms with van der Waals surface area (Å²) in [5.74, 6) is 0.917. The van der Waals surface area contributed by atoms with E-state index in [-0.39, 0.29) is 5.91 Å². The Bertz CT molecular complexity index is 843. The normalized spacial score (nSPS) is 12.0. The monoisotopic (exact) mass is 351 g/mol. The van der Waals surface area contributed by atoms with Crippen molar-refractivity contribution in [1.82, 2.24) is 20.2 Å². The first-order valence-electron chi connectivity index (χ1n) is 8.44. The molecule has 7 heteroatoms. The second kappa shape index (κ2) is 7.77. The standard InChI is InChI=1S/C19H21N5O2/c1-13(2)15-4-10-18(11-5-15)26-14(3)19(25)21-16-6-8-17(9-7-16)24-12-20-22-23-24/h4-14H,1-3H3,(H,21,25)/t14-/m0/s1. The largest absolute Gasteiger partial charge is 0.481 e. The van der Waals surface area contributed by atoms with Crippen molar-refractivity contribution in [3.8, 4) is 11.4 Å². The zero-order valence-corrected chi connectivity index (χ0v) is 15.0. The highest BCUT2D eigenvalue weighted by molar-refractivity contribution is 5.94. The van der Waals surface area contributed by atoms with Crippen LogP contribution in [0.2, 0.25) is 0 Å². The Labute approximate surface area is 152 Å². The number of rotatable bonds is 6. The molecule has 0 saturated carbocycles. The lowest BCUT2D eigenvalue weighted by Gasteiger charge is -2.15. The lowest BCUT2D eigenvalue weighted by atomic mass is 10.0. The van der Waals surface area contributed by atoms with Crippen molar-refractivity contribution in [2.24, 2.45) is 0 Å². The number of anilines is 1. The molecule has 3 rings (SSSR count). The van der Waals surface area contributed by atoms with Crippen LogP contribution in [-0.2, 0) is 4.79 Å². The van der Waals surface area contributed by atoms with Gasteiger partial charge in [-0.3, -0.25) is 4.79 Å². The number of carbonyl (C=O) groups is 1. The fourth-order valence-corrected chi connectivity index (χ4v) is 2.41. The zero-order valence-electron chi connectivity index (χ0n) is 15.0. The van der Waals surface area contributed by atoms with Crippen molar-refractivity contribution in [3.05, 3.63) is 60.4 Å². The Morgan fingerprint density at radius 3 is 2.31 bits per heavy atom. The molecule has 0 aliphatic carbocycles. The summed E-state index contributed by atoms with van der Waals surface area (Å²) in [5.41, 5.74) is 2.72. The van der Waals surface area contributed by atoms with Crippen LogP contribution in [0.4, 0.5) is 5.69 Å². The molecule has 0 bridgehead atoms. The van der Waals surface area contributed by atoms with Crippen LogP contribution in [0.1, 0.15) is 32.3 Å². The minimum atomic E-state index is -0.612. The fraction of sp³-hybridized carbons (Fsp3) is 0.263. The van der Waals surface area contributed by atoms with Crippen LogP contribution in [-0.4, -0.2) is 32.2 Å². The van der Waals surface area contributed by atoms with Crippen molar-refractivity contribution in [2.75, 3.05) is 5.32 Å². The third-order valence-corrected chi connectivity index (χ3v) is 3.98. The Balaban J connectivity index is 1.58. The molecule has 7 nitrogen and oxygen atoms in total. The van der Waals surface area contributed by atoms with E-state index in [0.29, 0.717) is 17.4 Å². The van der Waals surface area contributed by atoms with E-state index in [1.165, 1.54) is 16.6 Å². The van der Waals surface area contributed by atoms with Gasteiger partial charge in [-0.15, -0.1) is 5.10 Å². The minimum Gasteiger partial charge on any atom is -0.481 e. The van der Waals surface area contributed by atoms with Gasteiger partial charge in [0.1, 0.15) is 12.1 Å². The van der Waals surface area contributed by atoms with E-state index >= 15 is 0 Å². The quantitative estimate of drug-likeness (QED) is 0.737. The van der Waals surface area contributed by atoms with Gasteiger partial charge < -0.3 is 10.1 Å². The zero-order chi connectivity index (χ0) is 18.5. The predicted octanol–water partition coefficient (Wildman–Crippen LogP) is 3.19. The number of aromatic nitrogens is 4. The summed E-state index contributed by atoms with van der Waals surface area (Å²) >= 11 is 0. The van der Waals surface area contributed by atoms with E-state index in [1.807, 2.05) is 36.4 Å². The summed E-state index contributed by atoms with van der Waals surface area (Å²) in [6.07, 6.45) is 0.896. The number of hydrogen-bond acceptors (Lipinski definition) is 5. The average Bonchev–Trinajstić information content (AvgIpc) is 3.17. The third-order valence-electron chi connectivity index (χ3n) is 3.98. The Morgan fingerprint density at radius 1 is 1.04 bits per heavy atom. The smallest absolute Gasteiger partial charge is 0.265 e. The first kappa shape index (κ1) is 17.6. The highest BCUT2D eigenvalue weighted by atomic mass is 16.5. The lowest BCUT2D eigenvalue weighted by Crippen LogP contribution is -2.30. The van der Waals surface area contributed by atoms with E-state index in [2.05, 4.69) is 34.7 Å². The van der Waals surface area contributed by atoms with Crippen LogP contribution in [0.5, 0.6) is 5.75 Å². The molecule has 1 N–H and O–H groups in total. The molecule has 1 heterocycles. The molecule has 2 aromatic carbocycles. The Hall–Kier alpha value is -3.22.